The van der Waals surface area contributed by atoms with Gasteiger partial charge in [0.1, 0.15) is 17.6 Å². The minimum atomic E-state index is -0.537. The molecule has 1 saturated heterocycles. The summed E-state index contributed by atoms with van der Waals surface area (Å²) in [5.41, 5.74) is 2.08. The average Bonchev–Trinajstić information content (AvgIpc) is 3.09. The predicted octanol–water partition coefficient (Wildman–Crippen LogP) is 4.22. The Balaban J connectivity index is 1.55. The van der Waals surface area contributed by atoms with Gasteiger partial charge in [0, 0.05) is 24.7 Å². The normalized spacial score (nSPS) is 22.7. The lowest BCUT2D eigenvalue weighted by Crippen LogP contribution is -2.45. The van der Waals surface area contributed by atoms with Crippen LogP contribution < -0.4 is 10.1 Å². The fourth-order valence-electron chi connectivity index (χ4n) is 4.93. The lowest BCUT2D eigenvalue weighted by atomic mass is 9.84. The Kier molecular flexibility index (Phi) is 8.21. The quantitative estimate of drug-likeness (QED) is 0.703. The first kappa shape index (κ1) is 23.6. The molecule has 0 aromatic heterocycles. The molecular formula is C27H37N3O3. The highest BCUT2D eigenvalue weighted by atomic mass is 16.5. The molecule has 6 nitrogen and oxygen atoms in total. The van der Waals surface area contributed by atoms with Crippen molar-refractivity contribution in [3.05, 3.63) is 48.1 Å². The summed E-state index contributed by atoms with van der Waals surface area (Å²) in [5, 5.41) is 3.27. The van der Waals surface area contributed by atoms with Crippen molar-refractivity contribution in [3.8, 4) is 5.75 Å². The number of benzene rings is 1. The first-order chi connectivity index (χ1) is 16.2. The number of carbonyl (C=O) groups excluding carboxylic acids is 1. The number of amidine groups is 1. The van der Waals surface area contributed by atoms with Crippen LogP contribution in [-0.4, -0.2) is 61.6 Å². The molecule has 2 aliphatic heterocycles. The van der Waals surface area contributed by atoms with Crippen LogP contribution in [0.5, 0.6) is 5.75 Å². The maximum atomic E-state index is 13.2. The van der Waals surface area contributed by atoms with Crippen LogP contribution >= 0.6 is 0 Å². The number of nitrogens with one attached hydrogen (secondary N) is 1. The molecule has 3 aliphatic rings. The van der Waals surface area contributed by atoms with Crippen LogP contribution in [0.15, 0.2) is 47.5 Å². The molecule has 0 spiro atoms. The zero-order valence-electron chi connectivity index (χ0n) is 20.0. The third-order valence-electron chi connectivity index (χ3n) is 6.84. The van der Waals surface area contributed by atoms with Crippen molar-refractivity contribution in [2.24, 2.45) is 10.9 Å². The summed E-state index contributed by atoms with van der Waals surface area (Å²) in [7, 11) is 0. The van der Waals surface area contributed by atoms with Gasteiger partial charge in [0.25, 0.3) is 0 Å². The van der Waals surface area contributed by atoms with Crippen LogP contribution in [0.2, 0.25) is 0 Å². The van der Waals surface area contributed by atoms with Crippen molar-refractivity contribution in [1.82, 2.24) is 10.2 Å². The molecule has 0 radical (unpaired) electrons. The van der Waals surface area contributed by atoms with Gasteiger partial charge in [-0.2, -0.15) is 0 Å². The second-order valence-electron chi connectivity index (χ2n) is 9.11. The number of allylic oxidation sites excluding steroid dienone is 2. The minimum Gasteiger partial charge on any atom is -0.494 e. The molecule has 2 atom stereocenters. The number of hydrogen-bond donors (Lipinski definition) is 1. The number of aliphatic imine (C=N–C) groups is 1. The average molecular weight is 452 g/mol. The minimum absolute atomic E-state index is 0.0172. The van der Waals surface area contributed by atoms with E-state index in [0.717, 1.165) is 35.8 Å². The summed E-state index contributed by atoms with van der Waals surface area (Å²) in [4.78, 5) is 20.5. The van der Waals surface area contributed by atoms with Gasteiger partial charge in [0.05, 0.1) is 19.8 Å². The number of rotatable bonds is 6. The summed E-state index contributed by atoms with van der Waals surface area (Å²) in [6.07, 6.45) is 12.2. The van der Waals surface area contributed by atoms with E-state index in [0.29, 0.717) is 25.7 Å². The van der Waals surface area contributed by atoms with Crippen molar-refractivity contribution < 1.29 is 14.3 Å². The number of hydrogen-bond acceptors (Lipinski definition) is 5. The van der Waals surface area contributed by atoms with Gasteiger partial charge in [0.2, 0.25) is 5.91 Å². The van der Waals surface area contributed by atoms with E-state index in [4.69, 9.17) is 14.5 Å². The van der Waals surface area contributed by atoms with Crippen LogP contribution in [0, 0.1) is 5.92 Å². The highest BCUT2D eigenvalue weighted by Crippen LogP contribution is 2.27. The molecule has 2 fully saturated rings. The highest BCUT2D eigenvalue weighted by molar-refractivity contribution is 6.23. The van der Waals surface area contributed by atoms with E-state index in [9.17, 15) is 4.79 Å². The predicted molar refractivity (Wildman–Crippen MR) is 133 cm³/mol. The zero-order valence-corrected chi connectivity index (χ0v) is 20.0. The van der Waals surface area contributed by atoms with Crippen LogP contribution in [0.3, 0.4) is 0 Å². The lowest BCUT2D eigenvalue weighted by Gasteiger charge is -2.32. The van der Waals surface area contributed by atoms with E-state index in [-0.39, 0.29) is 11.9 Å². The SMILES string of the molecule is CCOc1ccc(C2=CC=CC(C(=O)N[C@H](C)C3CCCCC3)N=C2N2CCOCC2)cc1. The van der Waals surface area contributed by atoms with Crippen LogP contribution in [0.1, 0.15) is 51.5 Å². The molecule has 1 aromatic rings. The molecule has 1 amide bonds. The van der Waals surface area contributed by atoms with Crippen molar-refractivity contribution in [3.63, 3.8) is 0 Å². The molecule has 1 saturated carbocycles. The van der Waals surface area contributed by atoms with Crippen LogP contribution in [-0.2, 0) is 9.53 Å². The number of carbonyl (C=O) groups is 1. The highest BCUT2D eigenvalue weighted by Gasteiger charge is 2.27. The topological polar surface area (TPSA) is 63.2 Å². The maximum absolute atomic E-state index is 13.2. The molecule has 33 heavy (non-hydrogen) atoms. The van der Waals surface area contributed by atoms with Gasteiger partial charge in [-0.15, -0.1) is 0 Å². The second kappa shape index (κ2) is 11.5. The van der Waals surface area contributed by atoms with Crippen LogP contribution in [0.25, 0.3) is 5.57 Å². The first-order valence-corrected chi connectivity index (χ1v) is 12.5. The standard InChI is InChI=1S/C27H37N3O3/c1-3-33-23-14-12-22(13-15-23)24-10-7-11-25(29-26(24)30-16-18-32-19-17-30)27(31)28-20(2)21-8-5-4-6-9-21/h7,10-15,20-21,25H,3-6,8-9,16-19H2,1-2H3,(H,28,31)/t20-,25?/m1/s1. The largest absolute Gasteiger partial charge is 0.494 e. The van der Waals surface area contributed by atoms with Crippen molar-refractivity contribution in [1.29, 1.82) is 0 Å². The number of nitrogens with zero attached hydrogens (tertiary/aromatic N) is 2. The first-order valence-electron chi connectivity index (χ1n) is 12.5. The molecule has 178 valence electrons. The Labute approximate surface area is 197 Å². The molecular weight excluding hydrogens is 414 g/mol. The molecule has 2 heterocycles. The number of amides is 1. The number of morpholine rings is 1. The van der Waals surface area contributed by atoms with Crippen molar-refractivity contribution >= 4 is 17.3 Å². The summed E-state index contributed by atoms with van der Waals surface area (Å²) in [6, 6.07) is 7.74. The zero-order chi connectivity index (χ0) is 23.0. The third-order valence-corrected chi connectivity index (χ3v) is 6.84. The van der Waals surface area contributed by atoms with Gasteiger partial charge in [-0.1, -0.05) is 49.6 Å². The fourth-order valence-corrected chi connectivity index (χ4v) is 4.93. The molecule has 4 rings (SSSR count). The molecule has 0 bridgehead atoms. The summed E-state index contributed by atoms with van der Waals surface area (Å²) in [6.45, 7) is 7.62. The van der Waals surface area contributed by atoms with Gasteiger partial charge in [0.15, 0.2) is 0 Å². The van der Waals surface area contributed by atoms with Crippen molar-refractivity contribution in [2.75, 3.05) is 32.9 Å². The van der Waals surface area contributed by atoms with E-state index < -0.39 is 6.04 Å². The van der Waals surface area contributed by atoms with E-state index in [1.54, 1.807) is 0 Å². The third kappa shape index (κ3) is 6.05. The van der Waals surface area contributed by atoms with Gasteiger partial charge in [-0.25, -0.2) is 0 Å². The monoisotopic (exact) mass is 451 g/mol. The number of ether oxygens (including phenoxy) is 2. The summed E-state index contributed by atoms with van der Waals surface area (Å²) >= 11 is 0. The molecule has 1 N–H and O–H groups in total. The van der Waals surface area contributed by atoms with Gasteiger partial charge >= 0.3 is 0 Å². The molecule has 1 aliphatic carbocycles. The smallest absolute Gasteiger partial charge is 0.249 e. The molecule has 6 heteroatoms. The van der Waals surface area contributed by atoms with Crippen molar-refractivity contribution in [2.45, 2.75) is 58.0 Å². The van der Waals surface area contributed by atoms with Crippen LogP contribution in [0.4, 0.5) is 0 Å². The van der Waals surface area contributed by atoms with E-state index >= 15 is 0 Å². The Morgan fingerprint density at radius 3 is 2.61 bits per heavy atom. The van der Waals surface area contributed by atoms with E-state index in [2.05, 4.69) is 35.3 Å². The second-order valence-corrected chi connectivity index (χ2v) is 9.11. The van der Waals surface area contributed by atoms with Gasteiger partial charge in [-0.3, -0.25) is 9.79 Å². The summed E-state index contributed by atoms with van der Waals surface area (Å²) < 4.78 is 11.2. The molecule has 1 unspecified atom stereocenters. The fraction of sp³-hybridized carbons (Fsp3) is 0.556. The van der Waals surface area contributed by atoms with E-state index in [1.165, 1.54) is 32.1 Å². The Morgan fingerprint density at radius 1 is 1.18 bits per heavy atom. The Morgan fingerprint density at radius 2 is 1.91 bits per heavy atom. The molecule has 1 aromatic carbocycles. The Bertz CT molecular complexity index is 878. The lowest BCUT2D eigenvalue weighted by molar-refractivity contribution is -0.122. The summed E-state index contributed by atoms with van der Waals surface area (Å²) in [5.74, 6) is 2.26. The van der Waals surface area contributed by atoms with Gasteiger partial charge in [-0.05, 0) is 50.3 Å². The van der Waals surface area contributed by atoms with Gasteiger partial charge < -0.3 is 19.7 Å². The Hall–Kier alpha value is -2.60. The maximum Gasteiger partial charge on any atom is 0.249 e. The van der Waals surface area contributed by atoms with E-state index in [1.807, 2.05) is 31.2 Å².